The summed E-state index contributed by atoms with van der Waals surface area (Å²) in [6.45, 7) is 6.58. The van der Waals surface area contributed by atoms with Gasteiger partial charge in [0.2, 0.25) is 0 Å². The number of hydrogen-bond acceptors (Lipinski definition) is 6. The van der Waals surface area contributed by atoms with Gasteiger partial charge in [0, 0.05) is 19.3 Å². The molecule has 0 amide bonds. The molecule has 0 heterocycles. The number of carbonyl (C=O) groups excluding carboxylic acids is 3. The molecule has 0 bridgehead atoms. The molecule has 0 radical (unpaired) electrons. The quantitative estimate of drug-likeness (QED) is 0.0261. The molecule has 0 aliphatic carbocycles. The molecule has 428 valence electrons. The van der Waals surface area contributed by atoms with Crippen molar-refractivity contribution in [3.05, 3.63) is 36.5 Å². The van der Waals surface area contributed by atoms with Gasteiger partial charge in [0.15, 0.2) is 6.10 Å². The van der Waals surface area contributed by atoms with Crippen LogP contribution in [0.5, 0.6) is 0 Å². The van der Waals surface area contributed by atoms with Crippen LogP contribution in [0, 0.1) is 0 Å². The fourth-order valence-corrected chi connectivity index (χ4v) is 9.71. The zero-order chi connectivity index (χ0) is 52.9. The lowest BCUT2D eigenvalue weighted by molar-refractivity contribution is -0.167. The Morgan fingerprint density at radius 3 is 0.767 bits per heavy atom. The minimum absolute atomic E-state index is 0.0711. The Morgan fingerprint density at radius 1 is 0.274 bits per heavy atom. The van der Waals surface area contributed by atoms with E-state index in [1.54, 1.807) is 0 Å². The van der Waals surface area contributed by atoms with E-state index in [2.05, 4.69) is 57.2 Å². The summed E-state index contributed by atoms with van der Waals surface area (Å²) in [4.78, 5) is 37.8. The van der Waals surface area contributed by atoms with Gasteiger partial charge in [-0.15, -0.1) is 0 Å². The monoisotopic (exact) mass is 1020 g/mol. The molecule has 0 aromatic carbocycles. The van der Waals surface area contributed by atoms with Crippen molar-refractivity contribution >= 4 is 17.9 Å². The summed E-state index contributed by atoms with van der Waals surface area (Å²) in [6, 6.07) is 0. The molecular formula is C67H124O6. The Balaban J connectivity index is 3.85. The smallest absolute Gasteiger partial charge is 0.306 e. The Hall–Kier alpha value is -2.37. The average Bonchev–Trinajstić information content (AvgIpc) is 3.39. The van der Waals surface area contributed by atoms with Gasteiger partial charge in [-0.3, -0.25) is 14.4 Å². The maximum absolute atomic E-state index is 12.8. The number of hydrogen-bond donors (Lipinski definition) is 0. The van der Waals surface area contributed by atoms with Gasteiger partial charge in [0.05, 0.1) is 0 Å². The second kappa shape index (κ2) is 62.2. The van der Waals surface area contributed by atoms with Crippen LogP contribution in [-0.4, -0.2) is 37.2 Å². The highest BCUT2D eigenvalue weighted by molar-refractivity contribution is 5.71. The lowest BCUT2D eigenvalue weighted by Gasteiger charge is -2.18. The summed E-state index contributed by atoms with van der Waals surface area (Å²) in [5.41, 5.74) is 0. The molecule has 6 heteroatoms. The van der Waals surface area contributed by atoms with Crippen LogP contribution >= 0.6 is 0 Å². The van der Waals surface area contributed by atoms with E-state index >= 15 is 0 Å². The molecule has 0 aliphatic heterocycles. The van der Waals surface area contributed by atoms with Gasteiger partial charge in [0.1, 0.15) is 13.2 Å². The van der Waals surface area contributed by atoms with Gasteiger partial charge in [-0.25, -0.2) is 0 Å². The van der Waals surface area contributed by atoms with Crippen LogP contribution in [0.4, 0.5) is 0 Å². The Bertz CT molecular complexity index is 1220. The van der Waals surface area contributed by atoms with Crippen LogP contribution in [0.25, 0.3) is 0 Å². The number of esters is 3. The Kier molecular flexibility index (Phi) is 60.2. The normalized spacial score (nSPS) is 12.2. The summed E-state index contributed by atoms with van der Waals surface area (Å²) in [7, 11) is 0. The number of ether oxygens (including phenoxy) is 3. The van der Waals surface area contributed by atoms with Crippen LogP contribution in [-0.2, 0) is 28.6 Å². The summed E-state index contributed by atoms with van der Waals surface area (Å²) >= 11 is 0. The van der Waals surface area contributed by atoms with Crippen molar-refractivity contribution in [1.82, 2.24) is 0 Å². The second-order valence-corrected chi connectivity index (χ2v) is 22.0. The summed E-state index contributed by atoms with van der Waals surface area (Å²) in [5, 5.41) is 0. The Labute approximate surface area is 455 Å². The van der Waals surface area contributed by atoms with E-state index in [4.69, 9.17) is 14.2 Å². The molecule has 1 atom stereocenters. The highest BCUT2D eigenvalue weighted by Crippen LogP contribution is 2.18. The largest absolute Gasteiger partial charge is 0.462 e. The number of rotatable bonds is 60. The van der Waals surface area contributed by atoms with Crippen molar-refractivity contribution in [2.45, 2.75) is 361 Å². The van der Waals surface area contributed by atoms with E-state index < -0.39 is 6.10 Å². The molecule has 6 nitrogen and oxygen atoms in total. The van der Waals surface area contributed by atoms with Crippen molar-refractivity contribution in [3.8, 4) is 0 Å². The summed E-state index contributed by atoms with van der Waals surface area (Å²) < 4.78 is 16.7. The van der Waals surface area contributed by atoms with Gasteiger partial charge >= 0.3 is 17.9 Å². The van der Waals surface area contributed by atoms with Crippen LogP contribution in [0.15, 0.2) is 36.5 Å². The van der Waals surface area contributed by atoms with E-state index in [1.165, 1.54) is 238 Å². The van der Waals surface area contributed by atoms with Crippen LogP contribution < -0.4 is 0 Å². The molecule has 1 unspecified atom stereocenters. The van der Waals surface area contributed by atoms with Crippen molar-refractivity contribution < 1.29 is 28.6 Å². The van der Waals surface area contributed by atoms with Crippen molar-refractivity contribution in [1.29, 1.82) is 0 Å². The molecular weight excluding hydrogens is 901 g/mol. The molecule has 0 spiro atoms. The standard InChI is InChI=1S/C67H124O6/c1-4-7-10-13-15-17-19-21-23-24-25-26-27-28-29-30-31-32-33-34-35-36-37-38-39-40-41-42-44-45-47-49-51-54-57-60-66(69)72-63-64(62-71-65(68)59-56-53-12-9-6-3)73-67(70)61-58-55-52-50-48-46-43-22-20-18-16-14-11-8-5-2/h19,21-22,24-25,43,64H,4-18,20,23,26-42,44-63H2,1-3H3/b21-19-,25-24-,43-22-. The topological polar surface area (TPSA) is 78.9 Å². The van der Waals surface area contributed by atoms with Gasteiger partial charge < -0.3 is 14.2 Å². The van der Waals surface area contributed by atoms with Crippen LogP contribution in [0.2, 0.25) is 0 Å². The van der Waals surface area contributed by atoms with Crippen LogP contribution in [0.1, 0.15) is 355 Å². The van der Waals surface area contributed by atoms with Crippen molar-refractivity contribution in [2.75, 3.05) is 13.2 Å². The second-order valence-electron chi connectivity index (χ2n) is 22.0. The number of carbonyl (C=O) groups is 3. The third-order valence-corrected chi connectivity index (χ3v) is 14.6. The maximum Gasteiger partial charge on any atom is 0.306 e. The SMILES string of the molecule is CCCCCCC/C=C\C/C=C\CCCCCCCCCCCCCCCCCCCCCCCCCC(=O)OCC(COC(=O)CCCCCCC)OC(=O)CCCCCCC/C=C\CCCCCCCC. The average molecular weight is 1030 g/mol. The van der Waals surface area contributed by atoms with Gasteiger partial charge in [-0.05, 0) is 77.0 Å². The van der Waals surface area contributed by atoms with Gasteiger partial charge in [-0.1, -0.05) is 295 Å². The maximum atomic E-state index is 12.8. The summed E-state index contributed by atoms with van der Waals surface area (Å²) in [5.74, 6) is -0.876. The molecule has 0 aromatic rings. The molecule has 0 rings (SSSR count). The van der Waals surface area contributed by atoms with Gasteiger partial charge in [0.25, 0.3) is 0 Å². The third-order valence-electron chi connectivity index (χ3n) is 14.6. The molecule has 0 saturated heterocycles. The zero-order valence-electron chi connectivity index (χ0n) is 49.2. The minimum atomic E-state index is -0.769. The number of unbranched alkanes of at least 4 members (excludes halogenated alkanes) is 43. The molecule has 0 fully saturated rings. The minimum Gasteiger partial charge on any atom is -0.462 e. The predicted molar refractivity (Wildman–Crippen MR) is 316 cm³/mol. The zero-order valence-corrected chi connectivity index (χ0v) is 49.2. The molecule has 0 aliphatic rings. The van der Waals surface area contributed by atoms with Crippen LogP contribution in [0.3, 0.4) is 0 Å². The van der Waals surface area contributed by atoms with Crippen molar-refractivity contribution in [3.63, 3.8) is 0 Å². The molecule has 0 saturated carbocycles. The fraction of sp³-hybridized carbons (Fsp3) is 0.866. The lowest BCUT2D eigenvalue weighted by Crippen LogP contribution is -2.30. The first-order valence-corrected chi connectivity index (χ1v) is 32.5. The molecule has 0 N–H and O–H groups in total. The number of allylic oxidation sites excluding steroid dienone is 6. The first kappa shape index (κ1) is 70.6. The third kappa shape index (κ3) is 60.4. The Morgan fingerprint density at radius 2 is 0.493 bits per heavy atom. The van der Waals surface area contributed by atoms with E-state index in [0.717, 1.165) is 77.0 Å². The van der Waals surface area contributed by atoms with Crippen molar-refractivity contribution in [2.24, 2.45) is 0 Å². The molecule has 0 aromatic heterocycles. The fourth-order valence-electron chi connectivity index (χ4n) is 9.71. The molecule has 73 heavy (non-hydrogen) atoms. The van der Waals surface area contributed by atoms with E-state index in [1.807, 2.05) is 0 Å². The highest BCUT2D eigenvalue weighted by atomic mass is 16.6. The predicted octanol–water partition coefficient (Wildman–Crippen LogP) is 22.0. The first-order chi connectivity index (χ1) is 36.0. The van der Waals surface area contributed by atoms with E-state index in [0.29, 0.717) is 19.3 Å². The lowest BCUT2D eigenvalue weighted by atomic mass is 10.0. The summed E-state index contributed by atoms with van der Waals surface area (Å²) in [6.07, 6.45) is 76.6. The van der Waals surface area contributed by atoms with Gasteiger partial charge in [-0.2, -0.15) is 0 Å². The van der Waals surface area contributed by atoms with E-state index in [9.17, 15) is 14.4 Å². The highest BCUT2D eigenvalue weighted by Gasteiger charge is 2.19. The van der Waals surface area contributed by atoms with E-state index in [-0.39, 0.29) is 31.1 Å². The first-order valence-electron chi connectivity index (χ1n) is 32.5.